The zero-order chi connectivity index (χ0) is 24.0. The normalized spacial score (nSPS) is 16.2. The molecule has 0 aromatic carbocycles. The summed E-state index contributed by atoms with van der Waals surface area (Å²) in [7, 11) is 1.90. The van der Waals surface area contributed by atoms with Crippen molar-refractivity contribution in [1.29, 1.82) is 0 Å². The second kappa shape index (κ2) is 21.6. The van der Waals surface area contributed by atoms with Crippen LogP contribution in [0.5, 0.6) is 0 Å². The molecule has 1 aliphatic heterocycles. The van der Waals surface area contributed by atoms with Gasteiger partial charge in [-0.1, -0.05) is 0 Å². The van der Waals surface area contributed by atoms with Crippen LogP contribution in [0.15, 0.2) is 0 Å². The third-order valence-corrected chi connectivity index (χ3v) is 5.05. The number of piperazine rings is 1. The number of carbonyl (C=O) groups is 1. The van der Waals surface area contributed by atoms with Crippen LogP contribution in [0.4, 0.5) is 4.39 Å². The summed E-state index contributed by atoms with van der Waals surface area (Å²) >= 11 is 0. The first-order chi connectivity index (χ1) is 16.1. The fraction of sp³-hybridized carbons (Fsp3) is 0.955. The van der Waals surface area contributed by atoms with Gasteiger partial charge in [0.25, 0.3) is 0 Å². The first kappa shape index (κ1) is 30.1. The topological polar surface area (TPSA) is 93.8 Å². The van der Waals surface area contributed by atoms with Gasteiger partial charge in [0.2, 0.25) is 5.91 Å². The summed E-state index contributed by atoms with van der Waals surface area (Å²) in [6, 6.07) is 0. The smallest absolute Gasteiger partial charge is 0.216 e. The zero-order valence-corrected chi connectivity index (χ0v) is 20.5. The van der Waals surface area contributed by atoms with Crippen LogP contribution in [0.2, 0.25) is 0 Å². The van der Waals surface area contributed by atoms with Crippen molar-refractivity contribution in [3.63, 3.8) is 0 Å². The maximum Gasteiger partial charge on any atom is 0.216 e. The molecule has 1 unspecified atom stereocenters. The summed E-state index contributed by atoms with van der Waals surface area (Å²) in [5, 5.41) is 5.47. The average Bonchev–Trinajstić information content (AvgIpc) is 2.81. The minimum Gasteiger partial charge on any atom is -0.378 e. The van der Waals surface area contributed by atoms with Crippen molar-refractivity contribution in [3.8, 4) is 0 Å². The van der Waals surface area contributed by atoms with Crippen LogP contribution in [0, 0.1) is 0 Å². The Balaban J connectivity index is 1.82. The Bertz CT molecular complexity index is 459. The third-order valence-electron chi connectivity index (χ3n) is 5.05. The molecule has 0 aromatic rings. The highest BCUT2D eigenvalue weighted by molar-refractivity contribution is 5.72. The summed E-state index contributed by atoms with van der Waals surface area (Å²) in [5.41, 5.74) is 0. The molecule has 0 bridgehead atoms. The summed E-state index contributed by atoms with van der Waals surface area (Å²) in [5.74, 6) is -0.229. The molecule has 1 fully saturated rings. The van der Waals surface area contributed by atoms with Gasteiger partial charge >= 0.3 is 0 Å². The number of nitrogens with zero attached hydrogens (tertiary/aromatic N) is 2. The van der Waals surface area contributed by atoms with Crippen LogP contribution in [0.3, 0.4) is 0 Å². The van der Waals surface area contributed by atoms with E-state index in [0.29, 0.717) is 59.5 Å². The molecule has 1 aliphatic rings. The lowest BCUT2D eigenvalue weighted by molar-refractivity contribution is -0.119. The van der Waals surface area contributed by atoms with Crippen molar-refractivity contribution >= 4 is 5.91 Å². The van der Waals surface area contributed by atoms with Gasteiger partial charge in [-0.2, -0.15) is 0 Å². The van der Waals surface area contributed by atoms with Crippen LogP contribution in [0.1, 0.15) is 6.92 Å². The molecule has 2 N–H and O–H groups in total. The molecule has 1 saturated heterocycles. The average molecular weight is 481 g/mol. The third kappa shape index (κ3) is 19.1. The van der Waals surface area contributed by atoms with Gasteiger partial charge in [0.05, 0.1) is 72.6 Å². The van der Waals surface area contributed by atoms with Crippen molar-refractivity contribution < 1.29 is 32.9 Å². The van der Waals surface area contributed by atoms with E-state index in [4.69, 9.17) is 23.7 Å². The molecule has 1 atom stereocenters. The number of hydrogen-bond donors (Lipinski definition) is 2. The van der Waals surface area contributed by atoms with Gasteiger partial charge in [0.15, 0.2) is 0 Å². The predicted octanol–water partition coefficient (Wildman–Crippen LogP) is -0.619. The van der Waals surface area contributed by atoms with E-state index < -0.39 is 6.17 Å². The van der Waals surface area contributed by atoms with Crippen LogP contribution in [-0.2, 0) is 28.5 Å². The second-order valence-electron chi connectivity index (χ2n) is 7.85. The van der Waals surface area contributed by atoms with Gasteiger partial charge in [-0.05, 0) is 7.05 Å². The number of nitrogens with one attached hydrogen (secondary N) is 2. The summed E-state index contributed by atoms with van der Waals surface area (Å²) in [4.78, 5) is 15.5. The standard InChI is InChI=1S/C22H45FN4O6/c1-21(28)25-19-22(23)20-33-12-9-27-6-4-26(5-7-27)8-11-30-14-16-32-18-17-31-15-13-29-10-3-24-2/h22,24H,3-20H2,1-2H3,(H,25,28). The monoisotopic (exact) mass is 480 g/mol. The molecule has 0 radical (unpaired) electrons. The Kier molecular flexibility index (Phi) is 19.7. The number of likely N-dealkylation sites (N-methyl/N-ethyl adjacent to an activating group) is 1. The van der Waals surface area contributed by atoms with E-state index in [1.807, 2.05) is 7.05 Å². The minimum absolute atomic E-state index is 0.00406. The quantitative estimate of drug-likeness (QED) is 0.197. The highest BCUT2D eigenvalue weighted by Gasteiger charge is 2.16. The van der Waals surface area contributed by atoms with Crippen molar-refractivity contribution in [2.45, 2.75) is 13.1 Å². The largest absolute Gasteiger partial charge is 0.378 e. The van der Waals surface area contributed by atoms with Crippen molar-refractivity contribution in [2.75, 3.05) is 125 Å². The highest BCUT2D eigenvalue weighted by Crippen LogP contribution is 2.01. The van der Waals surface area contributed by atoms with Crippen LogP contribution in [-0.4, -0.2) is 147 Å². The molecule has 1 rings (SSSR count). The molecule has 0 saturated carbocycles. The Hall–Kier alpha value is -0.920. The molecule has 11 heteroatoms. The van der Waals surface area contributed by atoms with E-state index in [0.717, 1.165) is 45.8 Å². The van der Waals surface area contributed by atoms with Crippen LogP contribution in [0.25, 0.3) is 0 Å². The van der Waals surface area contributed by atoms with Gasteiger partial charge in [-0.25, -0.2) is 4.39 Å². The number of ether oxygens (including phenoxy) is 5. The predicted molar refractivity (Wildman–Crippen MR) is 124 cm³/mol. The lowest BCUT2D eigenvalue weighted by Gasteiger charge is -2.34. The van der Waals surface area contributed by atoms with Gasteiger partial charge in [-0.3, -0.25) is 14.6 Å². The molecule has 0 aromatic heterocycles. The van der Waals surface area contributed by atoms with Gasteiger partial charge in [0.1, 0.15) is 6.17 Å². The van der Waals surface area contributed by atoms with Crippen LogP contribution < -0.4 is 10.6 Å². The number of halogens is 1. The lowest BCUT2D eigenvalue weighted by atomic mass is 10.3. The highest BCUT2D eigenvalue weighted by atomic mass is 19.1. The lowest BCUT2D eigenvalue weighted by Crippen LogP contribution is -2.48. The molecule has 0 spiro atoms. The van der Waals surface area contributed by atoms with E-state index in [9.17, 15) is 9.18 Å². The minimum atomic E-state index is -1.16. The van der Waals surface area contributed by atoms with E-state index in [1.165, 1.54) is 6.92 Å². The van der Waals surface area contributed by atoms with E-state index in [2.05, 4.69) is 20.4 Å². The summed E-state index contributed by atoms with van der Waals surface area (Å²) in [6.45, 7) is 13.2. The van der Waals surface area contributed by atoms with Crippen LogP contribution >= 0.6 is 0 Å². The summed E-state index contributed by atoms with van der Waals surface area (Å²) in [6.07, 6.45) is -1.16. The second-order valence-corrected chi connectivity index (χ2v) is 7.85. The Morgan fingerprint density at radius 1 is 0.788 bits per heavy atom. The molecule has 0 aliphatic carbocycles. The zero-order valence-electron chi connectivity index (χ0n) is 20.5. The Labute approximate surface area is 198 Å². The van der Waals surface area contributed by atoms with Gasteiger partial charge < -0.3 is 34.3 Å². The molecule has 33 heavy (non-hydrogen) atoms. The SMILES string of the molecule is CNCCOCCOCCOCCOCCN1CCN(CCOCC(F)CNC(C)=O)CC1. The van der Waals surface area contributed by atoms with Crippen molar-refractivity contribution in [3.05, 3.63) is 0 Å². The van der Waals surface area contributed by atoms with E-state index in [-0.39, 0.29) is 19.1 Å². The first-order valence-electron chi connectivity index (χ1n) is 12.0. The number of amides is 1. The fourth-order valence-corrected chi connectivity index (χ4v) is 3.08. The molecular formula is C22H45FN4O6. The molecule has 196 valence electrons. The number of hydrogen-bond acceptors (Lipinski definition) is 9. The maximum absolute atomic E-state index is 13.5. The molecule has 1 amide bonds. The first-order valence-corrected chi connectivity index (χ1v) is 12.0. The maximum atomic E-state index is 13.5. The fourth-order valence-electron chi connectivity index (χ4n) is 3.08. The number of alkyl halides is 1. The Morgan fingerprint density at radius 2 is 1.24 bits per heavy atom. The summed E-state index contributed by atoms with van der Waals surface area (Å²) < 4.78 is 40.8. The Morgan fingerprint density at radius 3 is 1.73 bits per heavy atom. The number of carbonyl (C=O) groups excluding carboxylic acids is 1. The van der Waals surface area contributed by atoms with Crippen molar-refractivity contribution in [1.82, 2.24) is 20.4 Å². The number of rotatable bonds is 22. The van der Waals surface area contributed by atoms with Gasteiger partial charge in [-0.15, -0.1) is 0 Å². The molecular weight excluding hydrogens is 435 g/mol. The molecule has 10 nitrogen and oxygen atoms in total. The van der Waals surface area contributed by atoms with E-state index in [1.54, 1.807) is 0 Å². The van der Waals surface area contributed by atoms with Gasteiger partial charge in [0, 0.05) is 52.7 Å². The van der Waals surface area contributed by atoms with E-state index >= 15 is 0 Å². The molecule has 1 heterocycles. The van der Waals surface area contributed by atoms with Crippen molar-refractivity contribution in [2.24, 2.45) is 0 Å².